The van der Waals surface area contributed by atoms with E-state index in [0.717, 1.165) is 25.7 Å². The maximum Gasteiger partial charge on any atom is 0.329 e. The van der Waals surface area contributed by atoms with E-state index in [1.807, 2.05) is 6.08 Å². The zero-order valence-electron chi connectivity index (χ0n) is 8.16. The average molecular weight is 186 g/mol. The Balaban J connectivity index is 3.65. The quantitative estimate of drug-likeness (QED) is 0.591. The van der Waals surface area contributed by atoms with Crippen LogP contribution in [0.3, 0.4) is 0 Å². The van der Waals surface area contributed by atoms with Gasteiger partial charge in [0.25, 0.3) is 0 Å². The van der Waals surface area contributed by atoms with Crippen molar-refractivity contribution in [3.8, 4) is 0 Å². The normalized spacial score (nSPS) is 12.4. The van der Waals surface area contributed by atoms with E-state index in [0.29, 0.717) is 0 Å². The molecule has 0 radical (unpaired) electrons. The molecule has 0 aliphatic heterocycles. The molecular formula is C10H18O3. The molecule has 0 bridgehead atoms. The highest BCUT2D eigenvalue weighted by Gasteiger charge is 2.08. The second-order valence-corrected chi connectivity index (χ2v) is 2.98. The van der Waals surface area contributed by atoms with Crippen molar-refractivity contribution in [2.75, 3.05) is 6.61 Å². The number of aliphatic carboxylic acids is 1. The lowest BCUT2D eigenvalue weighted by atomic mass is 10.1. The minimum Gasteiger partial charge on any atom is -0.480 e. The van der Waals surface area contributed by atoms with Gasteiger partial charge in [0.15, 0.2) is 0 Å². The largest absolute Gasteiger partial charge is 0.480 e. The number of carboxylic acids is 1. The van der Waals surface area contributed by atoms with Crippen LogP contribution in [0.25, 0.3) is 0 Å². The van der Waals surface area contributed by atoms with Gasteiger partial charge in [0.05, 0.1) is 6.10 Å². The number of rotatable bonds is 8. The first kappa shape index (κ1) is 12.2. The molecule has 1 N–H and O–H groups in total. The van der Waals surface area contributed by atoms with Crippen LogP contribution in [-0.4, -0.2) is 23.8 Å². The summed E-state index contributed by atoms with van der Waals surface area (Å²) in [7, 11) is 0. The molecule has 0 heterocycles. The topological polar surface area (TPSA) is 46.5 Å². The highest BCUT2D eigenvalue weighted by molar-refractivity contribution is 5.68. The molecule has 76 valence electrons. The van der Waals surface area contributed by atoms with Crippen molar-refractivity contribution in [2.24, 2.45) is 0 Å². The molecule has 0 aliphatic rings. The summed E-state index contributed by atoms with van der Waals surface area (Å²) in [5, 5.41) is 8.41. The highest BCUT2D eigenvalue weighted by atomic mass is 16.5. The van der Waals surface area contributed by atoms with Crippen LogP contribution < -0.4 is 0 Å². The zero-order chi connectivity index (χ0) is 10.1. The van der Waals surface area contributed by atoms with E-state index in [2.05, 4.69) is 13.5 Å². The maximum atomic E-state index is 10.2. The molecule has 13 heavy (non-hydrogen) atoms. The molecule has 0 aromatic carbocycles. The Morgan fingerprint density at radius 3 is 2.77 bits per heavy atom. The van der Waals surface area contributed by atoms with Gasteiger partial charge in [0.1, 0.15) is 6.61 Å². The van der Waals surface area contributed by atoms with Crippen LogP contribution >= 0.6 is 0 Å². The Kier molecular flexibility index (Phi) is 7.30. The Morgan fingerprint density at radius 1 is 1.62 bits per heavy atom. The van der Waals surface area contributed by atoms with Crippen LogP contribution in [0.1, 0.15) is 32.6 Å². The van der Waals surface area contributed by atoms with E-state index >= 15 is 0 Å². The lowest BCUT2D eigenvalue weighted by molar-refractivity contribution is -0.144. The van der Waals surface area contributed by atoms with Crippen molar-refractivity contribution in [1.29, 1.82) is 0 Å². The molecule has 0 amide bonds. The van der Waals surface area contributed by atoms with Gasteiger partial charge in [0.2, 0.25) is 0 Å². The molecule has 0 fully saturated rings. The first-order valence-corrected chi connectivity index (χ1v) is 4.65. The molecule has 0 spiro atoms. The molecule has 3 nitrogen and oxygen atoms in total. The smallest absolute Gasteiger partial charge is 0.329 e. The number of allylic oxidation sites excluding steroid dienone is 1. The van der Waals surface area contributed by atoms with Crippen molar-refractivity contribution >= 4 is 5.97 Å². The maximum absolute atomic E-state index is 10.2. The van der Waals surface area contributed by atoms with E-state index in [9.17, 15) is 4.79 Å². The van der Waals surface area contributed by atoms with E-state index in [-0.39, 0.29) is 12.7 Å². The van der Waals surface area contributed by atoms with E-state index in [1.165, 1.54) is 0 Å². The predicted octanol–water partition coefficient (Wildman–Crippen LogP) is 2.22. The summed E-state index contributed by atoms with van der Waals surface area (Å²) in [5.74, 6) is -0.903. The monoisotopic (exact) mass is 186 g/mol. The van der Waals surface area contributed by atoms with Crippen LogP contribution in [0.4, 0.5) is 0 Å². The van der Waals surface area contributed by atoms with Crippen molar-refractivity contribution in [1.82, 2.24) is 0 Å². The van der Waals surface area contributed by atoms with Crippen LogP contribution in [-0.2, 0) is 9.53 Å². The Hall–Kier alpha value is -0.830. The summed E-state index contributed by atoms with van der Waals surface area (Å²) in [6.45, 7) is 5.48. The molecule has 3 heteroatoms. The summed E-state index contributed by atoms with van der Waals surface area (Å²) >= 11 is 0. The van der Waals surface area contributed by atoms with Crippen molar-refractivity contribution in [3.63, 3.8) is 0 Å². The van der Waals surface area contributed by atoms with Crippen LogP contribution in [0.5, 0.6) is 0 Å². The molecule has 0 aliphatic carbocycles. The minimum atomic E-state index is -0.903. The number of ether oxygens (including phenoxy) is 1. The first-order chi connectivity index (χ1) is 6.20. The Bertz CT molecular complexity index is 154. The number of carbonyl (C=O) groups is 1. The number of carboxylic acid groups (broad SMARTS) is 1. The molecule has 0 aromatic heterocycles. The lowest BCUT2D eigenvalue weighted by Crippen LogP contribution is -2.17. The minimum absolute atomic E-state index is 0.0686. The van der Waals surface area contributed by atoms with Crippen LogP contribution in [0.15, 0.2) is 12.7 Å². The van der Waals surface area contributed by atoms with Gasteiger partial charge < -0.3 is 9.84 Å². The summed E-state index contributed by atoms with van der Waals surface area (Å²) in [5.41, 5.74) is 0. The van der Waals surface area contributed by atoms with Crippen LogP contribution in [0.2, 0.25) is 0 Å². The van der Waals surface area contributed by atoms with Gasteiger partial charge in [-0.05, 0) is 19.3 Å². The van der Waals surface area contributed by atoms with Gasteiger partial charge in [0, 0.05) is 0 Å². The summed E-state index contributed by atoms with van der Waals surface area (Å²) in [4.78, 5) is 10.2. The van der Waals surface area contributed by atoms with Crippen molar-refractivity contribution in [2.45, 2.75) is 38.7 Å². The molecule has 0 aromatic rings. The predicted molar refractivity (Wildman–Crippen MR) is 51.7 cm³/mol. The van der Waals surface area contributed by atoms with E-state index in [1.54, 1.807) is 0 Å². The molecule has 0 rings (SSSR count). The SMILES string of the molecule is C=CCCC(CCC)OCC(=O)O. The number of hydrogen-bond donors (Lipinski definition) is 1. The zero-order valence-corrected chi connectivity index (χ0v) is 8.16. The highest BCUT2D eigenvalue weighted by Crippen LogP contribution is 2.09. The summed E-state index contributed by atoms with van der Waals surface area (Å²) in [6.07, 6.45) is 5.57. The van der Waals surface area contributed by atoms with Gasteiger partial charge >= 0.3 is 5.97 Å². The third kappa shape index (κ3) is 7.53. The fourth-order valence-electron chi connectivity index (χ4n) is 1.13. The summed E-state index contributed by atoms with van der Waals surface area (Å²) < 4.78 is 5.20. The van der Waals surface area contributed by atoms with E-state index < -0.39 is 5.97 Å². The fraction of sp³-hybridized carbons (Fsp3) is 0.700. The fourth-order valence-corrected chi connectivity index (χ4v) is 1.13. The second-order valence-electron chi connectivity index (χ2n) is 2.98. The Morgan fingerprint density at radius 2 is 2.31 bits per heavy atom. The second kappa shape index (κ2) is 7.80. The number of hydrogen-bond acceptors (Lipinski definition) is 2. The first-order valence-electron chi connectivity index (χ1n) is 4.65. The molecular weight excluding hydrogens is 168 g/mol. The third-order valence-electron chi connectivity index (χ3n) is 1.75. The lowest BCUT2D eigenvalue weighted by Gasteiger charge is -2.14. The standard InChI is InChI=1S/C10H18O3/c1-3-5-7-9(6-4-2)13-8-10(11)12/h3,9H,1,4-8H2,2H3,(H,11,12). The Labute approximate surface area is 79.4 Å². The third-order valence-corrected chi connectivity index (χ3v) is 1.75. The van der Waals surface area contributed by atoms with Crippen LogP contribution in [0, 0.1) is 0 Å². The van der Waals surface area contributed by atoms with Gasteiger partial charge in [-0.3, -0.25) is 0 Å². The molecule has 0 saturated carbocycles. The van der Waals surface area contributed by atoms with Gasteiger partial charge in [-0.25, -0.2) is 4.79 Å². The average Bonchev–Trinajstić information content (AvgIpc) is 2.09. The van der Waals surface area contributed by atoms with Crippen molar-refractivity contribution in [3.05, 3.63) is 12.7 Å². The van der Waals surface area contributed by atoms with Gasteiger partial charge in [-0.2, -0.15) is 0 Å². The van der Waals surface area contributed by atoms with Gasteiger partial charge in [-0.1, -0.05) is 19.4 Å². The molecule has 0 saturated heterocycles. The van der Waals surface area contributed by atoms with Gasteiger partial charge in [-0.15, -0.1) is 6.58 Å². The molecule has 1 atom stereocenters. The molecule has 1 unspecified atom stereocenters. The summed E-state index contributed by atoms with van der Waals surface area (Å²) in [6, 6.07) is 0. The van der Waals surface area contributed by atoms with Crippen molar-refractivity contribution < 1.29 is 14.6 Å². The van der Waals surface area contributed by atoms with E-state index in [4.69, 9.17) is 9.84 Å².